The fraction of sp³-hybridized carbons (Fsp3) is 0.583. The van der Waals surface area contributed by atoms with Crippen LogP contribution in [0.4, 0.5) is 0 Å². The van der Waals surface area contributed by atoms with Gasteiger partial charge in [0.15, 0.2) is 0 Å². The van der Waals surface area contributed by atoms with E-state index in [0.29, 0.717) is 20.2 Å². The Kier molecular flexibility index (Phi) is 5.77. The van der Waals surface area contributed by atoms with Gasteiger partial charge in [-0.2, -0.15) is 0 Å². The molecule has 1 unspecified atom stereocenters. The van der Waals surface area contributed by atoms with Crippen molar-refractivity contribution in [2.45, 2.75) is 39.7 Å². The summed E-state index contributed by atoms with van der Waals surface area (Å²) in [6.07, 6.45) is 2.07. The fourth-order valence-corrected chi connectivity index (χ4v) is 2.91. The second-order valence-electron chi connectivity index (χ2n) is 4.58. The van der Waals surface area contributed by atoms with Crippen molar-refractivity contribution >= 4 is 40.4 Å². The van der Waals surface area contributed by atoms with Crippen molar-refractivity contribution in [3.8, 4) is 0 Å². The van der Waals surface area contributed by atoms with Gasteiger partial charge in [0, 0.05) is 6.04 Å². The van der Waals surface area contributed by atoms with E-state index < -0.39 is 0 Å². The van der Waals surface area contributed by atoms with Crippen LogP contribution in [0.15, 0.2) is 6.07 Å². The topological polar surface area (TPSA) is 29.1 Å². The summed E-state index contributed by atoms with van der Waals surface area (Å²) in [4.78, 5) is 11.9. The van der Waals surface area contributed by atoms with Gasteiger partial charge >= 0.3 is 0 Å². The predicted octanol–water partition coefficient (Wildman–Crippen LogP) is 4.61. The van der Waals surface area contributed by atoms with Crippen LogP contribution in [0.5, 0.6) is 0 Å². The van der Waals surface area contributed by atoms with Crippen molar-refractivity contribution in [1.29, 1.82) is 0 Å². The number of carbonyl (C=O) groups is 1. The van der Waals surface area contributed by atoms with Crippen molar-refractivity contribution in [2.24, 2.45) is 5.92 Å². The lowest BCUT2D eigenvalue weighted by Crippen LogP contribution is -2.32. The molecule has 0 spiro atoms. The first kappa shape index (κ1) is 14.8. The standard InChI is InChI=1S/C12H17Cl2NOS/c1-7(2)4-5-8(3)15-12(16)9-6-10(13)17-11(9)14/h6-8H,4-5H2,1-3H3,(H,15,16). The Labute approximate surface area is 116 Å². The average molecular weight is 294 g/mol. The summed E-state index contributed by atoms with van der Waals surface area (Å²) in [6, 6.07) is 1.76. The molecule has 1 N–H and O–H groups in total. The van der Waals surface area contributed by atoms with E-state index in [1.54, 1.807) is 6.07 Å². The normalized spacial score (nSPS) is 12.8. The second-order valence-corrected chi connectivity index (χ2v) is 6.87. The first-order valence-electron chi connectivity index (χ1n) is 5.65. The highest BCUT2D eigenvalue weighted by molar-refractivity contribution is 7.20. The van der Waals surface area contributed by atoms with E-state index in [-0.39, 0.29) is 11.9 Å². The molecule has 1 aromatic rings. The molecule has 2 nitrogen and oxygen atoms in total. The highest BCUT2D eigenvalue weighted by Crippen LogP contribution is 2.31. The van der Waals surface area contributed by atoms with Crippen LogP contribution in [0.25, 0.3) is 0 Å². The van der Waals surface area contributed by atoms with E-state index in [4.69, 9.17) is 23.2 Å². The molecule has 0 bridgehead atoms. The number of amides is 1. The molecule has 1 rings (SSSR count). The summed E-state index contributed by atoms with van der Waals surface area (Å²) in [6.45, 7) is 6.34. The summed E-state index contributed by atoms with van der Waals surface area (Å²) >= 11 is 12.9. The van der Waals surface area contributed by atoms with Crippen LogP contribution in [0, 0.1) is 5.92 Å². The molecule has 1 atom stereocenters. The summed E-state index contributed by atoms with van der Waals surface area (Å²) in [7, 11) is 0. The Hall–Kier alpha value is -0.250. The van der Waals surface area contributed by atoms with Crippen molar-refractivity contribution < 1.29 is 4.79 Å². The molecule has 17 heavy (non-hydrogen) atoms. The average Bonchev–Trinajstić information content (AvgIpc) is 2.55. The van der Waals surface area contributed by atoms with E-state index in [2.05, 4.69) is 19.2 Å². The van der Waals surface area contributed by atoms with Gasteiger partial charge in [0.25, 0.3) is 5.91 Å². The van der Waals surface area contributed by atoms with E-state index in [0.717, 1.165) is 12.8 Å². The van der Waals surface area contributed by atoms with Gasteiger partial charge in [-0.25, -0.2) is 0 Å². The van der Waals surface area contributed by atoms with Crippen LogP contribution >= 0.6 is 34.5 Å². The van der Waals surface area contributed by atoms with Gasteiger partial charge in [-0.1, -0.05) is 37.0 Å². The molecular weight excluding hydrogens is 277 g/mol. The third kappa shape index (κ3) is 4.86. The van der Waals surface area contributed by atoms with Gasteiger partial charge in [-0.05, 0) is 31.7 Å². The number of rotatable bonds is 5. The van der Waals surface area contributed by atoms with E-state index in [1.807, 2.05) is 6.92 Å². The maximum atomic E-state index is 11.9. The molecule has 0 aliphatic carbocycles. The minimum atomic E-state index is -0.144. The summed E-state index contributed by atoms with van der Waals surface area (Å²) in [5.74, 6) is 0.503. The van der Waals surface area contributed by atoms with E-state index >= 15 is 0 Å². The van der Waals surface area contributed by atoms with Crippen LogP contribution in [-0.4, -0.2) is 11.9 Å². The van der Waals surface area contributed by atoms with Crippen LogP contribution in [0.3, 0.4) is 0 Å². The SMILES string of the molecule is CC(C)CCC(C)NC(=O)c1cc(Cl)sc1Cl. The quantitative estimate of drug-likeness (QED) is 0.844. The molecule has 0 aromatic carbocycles. The Bertz CT molecular complexity index is 390. The summed E-state index contributed by atoms with van der Waals surface area (Å²) in [5, 5.41) is 2.93. The molecule has 1 amide bonds. The van der Waals surface area contributed by atoms with Crippen LogP contribution < -0.4 is 5.32 Å². The van der Waals surface area contributed by atoms with Gasteiger partial charge in [-0.3, -0.25) is 4.79 Å². The predicted molar refractivity (Wildman–Crippen MR) is 75.3 cm³/mol. The van der Waals surface area contributed by atoms with Crippen molar-refractivity contribution in [1.82, 2.24) is 5.32 Å². The number of nitrogens with one attached hydrogen (secondary N) is 1. The zero-order valence-electron chi connectivity index (χ0n) is 10.2. The molecule has 0 saturated carbocycles. The molecule has 0 saturated heterocycles. The zero-order chi connectivity index (χ0) is 13.0. The fourth-order valence-electron chi connectivity index (χ4n) is 1.45. The molecule has 0 aliphatic heterocycles. The number of carbonyl (C=O) groups excluding carboxylic acids is 1. The number of hydrogen-bond acceptors (Lipinski definition) is 2. The Morgan fingerprint density at radius 2 is 2.00 bits per heavy atom. The summed E-state index contributed by atoms with van der Waals surface area (Å²) < 4.78 is 0.985. The van der Waals surface area contributed by atoms with Crippen molar-refractivity contribution in [2.75, 3.05) is 0 Å². The molecule has 1 heterocycles. The molecule has 96 valence electrons. The Morgan fingerprint density at radius 3 is 2.47 bits per heavy atom. The summed E-state index contributed by atoms with van der Waals surface area (Å²) in [5.41, 5.74) is 0.470. The number of thiophene rings is 1. The molecule has 0 aliphatic rings. The van der Waals surface area contributed by atoms with Crippen molar-refractivity contribution in [3.05, 3.63) is 20.3 Å². The molecule has 1 aromatic heterocycles. The number of hydrogen-bond donors (Lipinski definition) is 1. The zero-order valence-corrected chi connectivity index (χ0v) is 12.5. The first-order chi connectivity index (χ1) is 7.90. The first-order valence-corrected chi connectivity index (χ1v) is 7.23. The lowest BCUT2D eigenvalue weighted by Gasteiger charge is -2.14. The monoisotopic (exact) mass is 293 g/mol. The largest absolute Gasteiger partial charge is 0.350 e. The second kappa shape index (κ2) is 6.62. The Balaban J connectivity index is 2.51. The van der Waals surface area contributed by atoms with Crippen LogP contribution in [-0.2, 0) is 0 Å². The maximum Gasteiger partial charge on any atom is 0.253 e. The Morgan fingerprint density at radius 1 is 1.35 bits per heavy atom. The van der Waals surface area contributed by atoms with E-state index in [9.17, 15) is 4.79 Å². The van der Waals surface area contributed by atoms with E-state index in [1.165, 1.54) is 11.3 Å². The molecule has 5 heteroatoms. The maximum absolute atomic E-state index is 11.9. The van der Waals surface area contributed by atoms with Crippen LogP contribution in [0.1, 0.15) is 44.0 Å². The van der Waals surface area contributed by atoms with Crippen LogP contribution in [0.2, 0.25) is 8.67 Å². The van der Waals surface area contributed by atoms with Crippen molar-refractivity contribution in [3.63, 3.8) is 0 Å². The van der Waals surface area contributed by atoms with Gasteiger partial charge in [-0.15, -0.1) is 11.3 Å². The van der Waals surface area contributed by atoms with Gasteiger partial charge in [0.2, 0.25) is 0 Å². The lowest BCUT2D eigenvalue weighted by atomic mass is 10.0. The third-order valence-corrected chi connectivity index (χ3v) is 3.94. The lowest BCUT2D eigenvalue weighted by molar-refractivity contribution is 0.0938. The minimum Gasteiger partial charge on any atom is -0.350 e. The van der Waals surface area contributed by atoms with Gasteiger partial charge in [0.1, 0.15) is 4.34 Å². The third-order valence-electron chi connectivity index (χ3n) is 2.46. The number of halogens is 2. The van der Waals surface area contributed by atoms with Gasteiger partial charge < -0.3 is 5.32 Å². The molecule has 0 fully saturated rings. The smallest absolute Gasteiger partial charge is 0.253 e. The molecule has 0 radical (unpaired) electrons. The van der Waals surface area contributed by atoms with Gasteiger partial charge in [0.05, 0.1) is 9.90 Å². The highest BCUT2D eigenvalue weighted by atomic mass is 35.5. The highest BCUT2D eigenvalue weighted by Gasteiger charge is 2.16. The minimum absolute atomic E-state index is 0.144. The molecular formula is C12H17Cl2NOS.